The number of benzene rings is 1. The van der Waals surface area contributed by atoms with E-state index >= 15 is 0 Å². The van der Waals surface area contributed by atoms with Gasteiger partial charge in [0.2, 0.25) is 5.89 Å². The van der Waals surface area contributed by atoms with Crippen LogP contribution in [0.25, 0.3) is 11.3 Å². The maximum Gasteiger partial charge on any atom is 0.216 e. The molecule has 0 saturated heterocycles. The Balaban J connectivity index is 0.00000320. The summed E-state index contributed by atoms with van der Waals surface area (Å²) in [5.74, 6) is 3.14. The Kier molecular flexibility index (Phi) is 8.45. The van der Waals surface area contributed by atoms with Gasteiger partial charge in [-0.2, -0.15) is 0 Å². The monoisotopic (exact) mass is 522 g/mol. The average molecular weight is 522 g/mol. The Morgan fingerprint density at radius 2 is 1.90 bits per heavy atom. The topological polar surface area (TPSA) is 82.3 Å². The van der Waals surface area contributed by atoms with Gasteiger partial charge in [0.15, 0.2) is 5.96 Å². The van der Waals surface area contributed by atoms with Gasteiger partial charge in [-0.05, 0) is 12.5 Å². The first-order valence-corrected chi connectivity index (χ1v) is 9.90. The van der Waals surface area contributed by atoms with Crippen LogP contribution in [0.1, 0.15) is 45.2 Å². The second kappa shape index (κ2) is 10.6. The smallest absolute Gasteiger partial charge is 0.216 e. The highest BCUT2D eigenvalue weighted by molar-refractivity contribution is 14.0. The van der Waals surface area contributed by atoms with E-state index in [1.165, 1.54) is 0 Å². The summed E-state index contributed by atoms with van der Waals surface area (Å²) < 4.78 is 5.84. The van der Waals surface area contributed by atoms with Crippen molar-refractivity contribution in [1.82, 2.24) is 25.2 Å². The van der Waals surface area contributed by atoms with Crippen LogP contribution in [-0.4, -0.2) is 39.4 Å². The van der Waals surface area contributed by atoms with E-state index in [0.717, 1.165) is 35.3 Å². The van der Waals surface area contributed by atoms with Crippen LogP contribution in [-0.2, 0) is 18.5 Å². The van der Waals surface area contributed by atoms with E-state index in [4.69, 9.17) is 4.42 Å². The molecule has 0 unspecified atom stereocenters. The van der Waals surface area contributed by atoms with Gasteiger partial charge in [-0.15, -0.1) is 24.0 Å². The van der Waals surface area contributed by atoms with E-state index in [1.54, 1.807) is 6.20 Å². The molecule has 0 spiro atoms. The Bertz CT molecular complexity index is 942. The number of oxazole rings is 1. The molecule has 2 N–H and O–H groups in total. The van der Waals surface area contributed by atoms with Crippen LogP contribution >= 0.6 is 24.0 Å². The Labute approximate surface area is 195 Å². The second-order valence-corrected chi connectivity index (χ2v) is 8.00. The van der Waals surface area contributed by atoms with E-state index in [0.29, 0.717) is 19.0 Å². The lowest BCUT2D eigenvalue weighted by Crippen LogP contribution is -2.38. The lowest BCUT2D eigenvalue weighted by molar-refractivity contribution is 0.382. The third-order valence-corrected chi connectivity index (χ3v) is 4.45. The molecule has 2 aromatic heterocycles. The largest absolute Gasteiger partial charge is 0.443 e. The van der Waals surface area contributed by atoms with E-state index in [9.17, 15) is 0 Å². The van der Waals surface area contributed by atoms with Crippen molar-refractivity contribution in [3.8, 4) is 11.3 Å². The lowest BCUT2D eigenvalue weighted by atomic mass is 9.94. The van der Waals surface area contributed by atoms with Crippen LogP contribution in [0.4, 0.5) is 0 Å². The standard InChI is InChI=1S/C22H30N6O.HI/c1-6-23-21(26-14-20-25-13-18(29-20)22(2,3)4)28(5)15-19-24-12-17(27-19)16-10-8-7-9-11-16;/h7-13H,6,14-15H2,1-5H3,(H,23,26)(H,24,27);1H. The zero-order chi connectivity index (χ0) is 20.9. The number of guanidine groups is 1. The minimum atomic E-state index is -0.0635. The van der Waals surface area contributed by atoms with Gasteiger partial charge in [0.25, 0.3) is 0 Å². The van der Waals surface area contributed by atoms with Gasteiger partial charge in [0.05, 0.1) is 24.6 Å². The summed E-state index contributed by atoms with van der Waals surface area (Å²) in [7, 11) is 1.99. The molecule has 7 nitrogen and oxygen atoms in total. The minimum Gasteiger partial charge on any atom is -0.443 e. The Morgan fingerprint density at radius 3 is 2.53 bits per heavy atom. The first-order chi connectivity index (χ1) is 13.9. The van der Waals surface area contributed by atoms with Crippen molar-refractivity contribution >= 4 is 29.9 Å². The van der Waals surface area contributed by atoms with Crippen molar-refractivity contribution in [2.75, 3.05) is 13.6 Å². The van der Waals surface area contributed by atoms with Gasteiger partial charge in [-0.3, -0.25) is 0 Å². The summed E-state index contributed by atoms with van der Waals surface area (Å²) in [5.41, 5.74) is 2.06. The predicted molar refractivity (Wildman–Crippen MR) is 131 cm³/mol. The van der Waals surface area contributed by atoms with Crippen LogP contribution in [0.15, 0.2) is 52.1 Å². The molecule has 1 aromatic carbocycles. The summed E-state index contributed by atoms with van der Waals surface area (Å²) in [6.07, 6.45) is 3.65. The number of H-pyrrole nitrogens is 1. The highest BCUT2D eigenvalue weighted by Gasteiger charge is 2.19. The summed E-state index contributed by atoms with van der Waals surface area (Å²) in [4.78, 5) is 19.0. The minimum absolute atomic E-state index is 0. The third kappa shape index (κ3) is 6.32. The second-order valence-electron chi connectivity index (χ2n) is 8.00. The molecular weight excluding hydrogens is 491 g/mol. The van der Waals surface area contributed by atoms with Gasteiger partial charge >= 0.3 is 0 Å². The number of imidazole rings is 1. The van der Waals surface area contributed by atoms with Crippen molar-refractivity contribution in [3.05, 3.63) is 60.2 Å². The fourth-order valence-corrected chi connectivity index (χ4v) is 2.85. The van der Waals surface area contributed by atoms with E-state index < -0.39 is 0 Å². The molecule has 0 saturated carbocycles. The highest BCUT2D eigenvalue weighted by atomic mass is 127. The summed E-state index contributed by atoms with van der Waals surface area (Å²) in [5, 5.41) is 3.31. The lowest BCUT2D eigenvalue weighted by Gasteiger charge is -2.20. The molecule has 0 fully saturated rings. The van der Waals surface area contributed by atoms with Gasteiger partial charge in [-0.1, -0.05) is 51.1 Å². The number of halogens is 1. The number of aromatic amines is 1. The van der Waals surface area contributed by atoms with Crippen molar-refractivity contribution in [2.24, 2.45) is 4.99 Å². The number of nitrogens with one attached hydrogen (secondary N) is 2. The van der Waals surface area contributed by atoms with E-state index in [2.05, 4.69) is 58.2 Å². The predicted octanol–water partition coefficient (Wildman–Crippen LogP) is 4.58. The van der Waals surface area contributed by atoms with Crippen LogP contribution in [0.5, 0.6) is 0 Å². The maximum atomic E-state index is 5.84. The number of hydrogen-bond donors (Lipinski definition) is 2. The van der Waals surface area contributed by atoms with Crippen LogP contribution in [0.2, 0.25) is 0 Å². The molecule has 0 aliphatic heterocycles. The summed E-state index contributed by atoms with van der Waals surface area (Å²) in [6, 6.07) is 10.2. The van der Waals surface area contributed by atoms with Crippen molar-refractivity contribution in [3.63, 3.8) is 0 Å². The molecule has 3 rings (SSSR count). The highest BCUT2D eigenvalue weighted by Crippen LogP contribution is 2.23. The third-order valence-electron chi connectivity index (χ3n) is 4.45. The van der Waals surface area contributed by atoms with Gasteiger partial charge in [-0.25, -0.2) is 15.0 Å². The molecule has 162 valence electrons. The number of aromatic nitrogens is 3. The SMILES string of the molecule is CCNC(=NCc1ncc(C(C)(C)C)o1)N(C)Cc1ncc(-c2ccccc2)[nH]1.I. The van der Waals surface area contributed by atoms with Crippen LogP contribution in [0.3, 0.4) is 0 Å². The fourth-order valence-electron chi connectivity index (χ4n) is 2.85. The summed E-state index contributed by atoms with van der Waals surface area (Å²) >= 11 is 0. The molecule has 8 heteroatoms. The molecule has 2 heterocycles. The number of nitrogens with zero attached hydrogens (tertiary/aromatic N) is 4. The first-order valence-electron chi connectivity index (χ1n) is 9.90. The molecule has 3 aromatic rings. The molecule has 0 aliphatic rings. The van der Waals surface area contributed by atoms with Crippen LogP contribution < -0.4 is 5.32 Å². The fraction of sp³-hybridized carbons (Fsp3) is 0.409. The molecule has 0 bridgehead atoms. The van der Waals surface area contributed by atoms with Gasteiger partial charge < -0.3 is 19.6 Å². The Morgan fingerprint density at radius 1 is 1.17 bits per heavy atom. The normalized spacial score (nSPS) is 11.8. The zero-order valence-electron chi connectivity index (χ0n) is 18.3. The van der Waals surface area contributed by atoms with E-state index in [-0.39, 0.29) is 29.4 Å². The number of hydrogen-bond acceptors (Lipinski definition) is 4. The average Bonchev–Trinajstić information content (AvgIpc) is 3.35. The molecule has 0 radical (unpaired) electrons. The first kappa shape index (κ1) is 23.9. The summed E-state index contributed by atoms with van der Waals surface area (Å²) in [6.45, 7) is 10.1. The van der Waals surface area contributed by atoms with E-state index in [1.807, 2.05) is 43.3 Å². The molecule has 30 heavy (non-hydrogen) atoms. The Hall–Kier alpha value is -2.36. The number of rotatable bonds is 6. The van der Waals surface area contributed by atoms with Crippen molar-refractivity contribution in [2.45, 2.75) is 46.2 Å². The molecular formula is C22H31IN6O. The zero-order valence-corrected chi connectivity index (χ0v) is 20.6. The van der Waals surface area contributed by atoms with Gasteiger partial charge in [0, 0.05) is 19.0 Å². The van der Waals surface area contributed by atoms with Crippen molar-refractivity contribution < 1.29 is 4.42 Å². The van der Waals surface area contributed by atoms with Gasteiger partial charge in [0.1, 0.15) is 18.1 Å². The quantitative estimate of drug-likeness (QED) is 0.282. The molecule has 0 atom stereocenters. The maximum absolute atomic E-state index is 5.84. The van der Waals surface area contributed by atoms with Crippen molar-refractivity contribution in [1.29, 1.82) is 0 Å². The molecule has 0 amide bonds. The number of aliphatic imine (C=N–C) groups is 1. The van der Waals surface area contributed by atoms with Crippen LogP contribution in [0, 0.1) is 0 Å². The molecule has 0 aliphatic carbocycles.